The molecule has 34 heavy (non-hydrogen) atoms. The normalized spacial score (nSPS) is 20.4. The summed E-state index contributed by atoms with van der Waals surface area (Å²) in [5.74, 6) is 0.0649. The van der Waals surface area contributed by atoms with Gasteiger partial charge in [0.1, 0.15) is 6.61 Å². The lowest BCUT2D eigenvalue weighted by atomic mass is 9.89. The number of nitriles is 1. The van der Waals surface area contributed by atoms with Crippen molar-refractivity contribution in [3.8, 4) is 17.2 Å². The first kappa shape index (κ1) is 20.7. The summed E-state index contributed by atoms with van der Waals surface area (Å²) in [4.78, 5) is 15.2. The van der Waals surface area contributed by atoms with E-state index in [1.807, 2.05) is 17.0 Å². The van der Waals surface area contributed by atoms with E-state index in [4.69, 9.17) is 4.74 Å². The molecule has 2 unspecified atom stereocenters. The number of benzene rings is 3. The van der Waals surface area contributed by atoms with E-state index < -0.39 is 0 Å². The summed E-state index contributed by atoms with van der Waals surface area (Å²) in [5.41, 5.74) is 8.96. The molecule has 2 bridgehead atoms. The summed E-state index contributed by atoms with van der Waals surface area (Å²) in [6, 6.07) is 25.1. The number of amides is 1. The molecule has 3 aliphatic rings. The zero-order valence-electron chi connectivity index (χ0n) is 19.2. The van der Waals surface area contributed by atoms with Gasteiger partial charge in [-0.1, -0.05) is 66.7 Å². The van der Waals surface area contributed by atoms with Crippen molar-refractivity contribution in [1.29, 1.82) is 5.26 Å². The molecule has 1 saturated heterocycles. The van der Waals surface area contributed by atoms with Gasteiger partial charge in [0.05, 0.1) is 17.7 Å². The van der Waals surface area contributed by atoms with Crippen molar-refractivity contribution in [2.24, 2.45) is 0 Å². The second-order valence-corrected chi connectivity index (χ2v) is 9.52. The Kier molecular flexibility index (Phi) is 4.99. The van der Waals surface area contributed by atoms with Gasteiger partial charge in [-0.2, -0.15) is 5.26 Å². The fourth-order valence-electron chi connectivity index (χ4n) is 6.16. The van der Waals surface area contributed by atoms with Crippen molar-refractivity contribution in [3.05, 3.63) is 101 Å². The zero-order chi connectivity index (χ0) is 23.2. The first-order valence-corrected chi connectivity index (χ1v) is 12.0. The van der Waals surface area contributed by atoms with Crippen LogP contribution in [-0.4, -0.2) is 29.7 Å². The van der Waals surface area contributed by atoms with Crippen LogP contribution < -0.4 is 0 Å². The Bertz CT molecular complexity index is 1320. The molecule has 0 saturated carbocycles. The zero-order valence-corrected chi connectivity index (χ0v) is 19.2. The van der Waals surface area contributed by atoms with Crippen molar-refractivity contribution < 1.29 is 9.53 Å². The maximum Gasteiger partial charge on any atom is 0.410 e. The third-order valence-electron chi connectivity index (χ3n) is 7.66. The maximum absolute atomic E-state index is 13.3. The van der Waals surface area contributed by atoms with Gasteiger partial charge >= 0.3 is 6.09 Å². The van der Waals surface area contributed by atoms with Crippen LogP contribution in [0.1, 0.15) is 53.0 Å². The minimum Gasteiger partial charge on any atom is -0.448 e. The number of hydrogen-bond donors (Lipinski definition) is 0. The van der Waals surface area contributed by atoms with Crippen LogP contribution in [0.25, 0.3) is 16.7 Å². The Morgan fingerprint density at radius 3 is 2.38 bits per heavy atom. The summed E-state index contributed by atoms with van der Waals surface area (Å²) in [5, 5.41) is 9.61. The van der Waals surface area contributed by atoms with Gasteiger partial charge in [0, 0.05) is 12.0 Å². The Balaban J connectivity index is 1.23. The Morgan fingerprint density at radius 1 is 1.00 bits per heavy atom. The molecule has 1 fully saturated rings. The molecule has 4 nitrogen and oxygen atoms in total. The molecule has 2 aliphatic heterocycles. The van der Waals surface area contributed by atoms with Crippen LogP contribution in [0.2, 0.25) is 0 Å². The Morgan fingerprint density at radius 2 is 1.71 bits per heavy atom. The first-order chi connectivity index (χ1) is 16.7. The topological polar surface area (TPSA) is 53.3 Å². The number of ether oxygens (including phenoxy) is 1. The molecule has 168 valence electrons. The number of hydrogen-bond acceptors (Lipinski definition) is 3. The predicted molar refractivity (Wildman–Crippen MR) is 132 cm³/mol. The van der Waals surface area contributed by atoms with Gasteiger partial charge < -0.3 is 4.74 Å². The van der Waals surface area contributed by atoms with E-state index in [1.54, 1.807) is 0 Å². The van der Waals surface area contributed by atoms with Crippen LogP contribution >= 0.6 is 0 Å². The predicted octanol–water partition coefficient (Wildman–Crippen LogP) is 6.44. The van der Waals surface area contributed by atoms with Gasteiger partial charge in [-0.25, -0.2) is 4.79 Å². The van der Waals surface area contributed by atoms with Crippen molar-refractivity contribution in [1.82, 2.24) is 4.90 Å². The van der Waals surface area contributed by atoms with Gasteiger partial charge in [0.15, 0.2) is 0 Å². The van der Waals surface area contributed by atoms with E-state index in [9.17, 15) is 10.1 Å². The SMILES string of the molecule is Cc1cccc(C#N)c1C1=CC2CCC(C1)N2C(=O)OCC1c2ccccc2-c2ccccc21. The summed E-state index contributed by atoms with van der Waals surface area (Å²) in [6.07, 6.45) is 4.62. The minimum atomic E-state index is -0.227. The van der Waals surface area contributed by atoms with Gasteiger partial charge in [0.2, 0.25) is 0 Å². The molecule has 4 heteroatoms. The first-order valence-electron chi connectivity index (χ1n) is 12.0. The number of carbonyl (C=O) groups is 1. The third kappa shape index (κ3) is 3.23. The van der Waals surface area contributed by atoms with Gasteiger partial charge in [-0.05, 0) is 71.2 Å². The average Bonchev–Trinajstić information content (AvgIpc) is 3.33. The standard InChI is InChI=1S/C30H26N2O2/c1-19-7-6-8-20(17-31)29(19)21-15-22-13-14-23(16-21)32(22)30(33)34-18-28-26-11-4-2-9-24(26)25-10-3-5-12-27(25)28/h2-12,15,22-23,28H,13-14,16,18H2,1H3. The second-order valence-electron chi connectivity index (χ2n) is 9.52. The van der Waals surface area contributed by atoms with Crippen molar-refractivity contribution >= 4 is 11.7 Å². The van der Waals surface area contributed by atoms with E-state index >= 15 is 0 Å². The number of carbonyl (C=O) groups excluding carboxylic acids is 1. The van der Waals surface area contributed by atoms with Crippen LogP contribution in [0, 0.1) is 18.3 Å². The number of rotatable bonds is 3. The van der Waals surface area contributed by atoms with Gasteiger partial charge in [0.25, 0.3) is 0 Å². The molecule has 6 rings (SSSR count). The van der Waals surface area contributed by atoms with E-state index in [0.717, 1.165) is 30.4 Å². The molecule has 1 amide bonds. The fraction of sp³-hybridized carbons (Fsp3) is 0.267. The van der Waals surface area contributed by atoms with Crippen LogP contribution in [0.15, 0.2) is 72.8 Å². The summed E-state index contributed by atoms with van der Waals surface area (Å²) in [6.45, 7) is 2.40. The summed E-state index contributed by atoms with van der Waals surface area (Å²) >= 11 is 0. The van der Waals surface area contributed by atoms with E-state index in [1.165, 1.54) is 27.8 Å². The van der Waals surface area contributed by atoms with Gasteiger partial charge in [-0.3, -0.25) is 4.90 Å². The third-order valence-corrected chi connectivity index (χ3v) is 7.66. The molecule has 0 spiro atoms. The summed E-state index contributed by atoms with van der Waals surface area (Å²) < 4.78 is 5.97. The number of nitrogens with zero attached hydrogens (tertiary/aromatic N) is 2. The monoisotopic (exact) mass is 446 g/mol. The van der Waals surface area contributed by atoms with Crippen LogP contribution in [0.5, 0.6) is 0 Å². The molecule has 2 heterocycles. The highest BCUT2D eigenvalue weighted by Gasteiger charge is 2.41. The largest absolute Gasteiger partial charge is 0.448 e. The molecule has 3 aromatic carbocycles. The van der Waals surface area contributed by atoms with E-state index in [2.05, 4.69) is 73.7 Å². The van der Waals surface area contributed by atoms with Crippen LogP contribution in [0.3, 0.4) is 0 Å². The molecular weight excluding hydrogens is 420 g/mol. The Labute approximate surface area is 200 Å². The molecule has 2 atom stereocenters. The van der Waals surface area contributed by atoms with Crippen molar-refractivity contribution in [3.63, 3.8) is 0 Å². The second kappa shape index (κ2) is 8.18. The molecule has 1 aliphatic carbocycles. The lowest BCUT2D eigenvalue weighted by molar-refractivity contribution is 0.0866. The highest BCUT2D eigenvalue weighted by molar-refractivity contribution is 5.80. The molecule has 0 N–H and O–H groups in total. The minimum absolute atomic E-state index is 0.0237. The highest BCUT2D eigenvalue weighted by atomic mass is 16.6. The van der Waals surface area contributed by atoms with Crippen molar-refractivity contribution in [2.45, 2.75) is 44.2 Å². The Hall–Kier alpha value is -3.84. The fourth-order valence-corrected chi connectivity index (χ4v) is 6.16. The molecule has 3 aromatic rings. The molecular formula is C30H26N2O2. The summed E-state index contributed by atoms with van der Waals surface area (Å²) in [7, 11) is 0. The smallest absolute Gasteiger partial charge is 0.410 e. The maximum atomic E-state index is 13.3. The van der Waals surface area contributed by atoms with Crippen LogP contribution in [0.4, 0.5) is 4.79 Å². The quantitative estimate of drug-likeness (QED) is 0.465. The average molecular weight is 447 g/mol. The lowest BCUT2D eigenvalue weighted by Crippen LogP contribution is -2.43. The number of aryl methyl sites for hydroxylation is 1. The number of fused-ring (bicyclic) bond motifs is 5. The molecule has 0 aromatic heterocycles. The molecule has 0 radical (unpaired) electrons. The van der Waals surface area contributed by atoms with Crippen molar-refractivity contribution in [2.75, 3.05) is 6.61 Å². The van der Waals surface area contributed by atoms with E-state index in [0.29, 0.717) is 12.2 Å². The van der Waals surface area contributed by atoms with E-state index in [-0.39, 0.29) is 24.1 Å². The highest BCUT2D eigenvalue weighted by Crippen LogP contribution is 2.45. The van der Waals surface area contributed by atoms with Gasteiger partial charge in [-0.15, -0.1) is 0 Å². The van der Waals surface area contributed by atoms with Crippen LogP contribution in [-0.2, 0) is 4.74 Å². The lowest BCUT2D eigenvalue weighted by Gasteiger charge is -2.34.